The molecule has 0 aromatic heterocycles. The van der Waals surface area contributed by atoms with Gasteiger partial charge in [-0.05, 0) is 31.9 Å². The van der Waals surface area contributed by atoms with Gasteiger partial charge in [0, 0.05) is 12.1 Å². The first-order chi connectivity index (χ1) is 7.33. The van der Waals surface area contributed by atoms with Crippen molar-refractivity contribution in [1.29, 1.82) is 0 Å². The van der Waals surface area contributed by atoms with Crippen molar-refractivity contribution in [3.8, 4) is 0 Å². The van der Waals surface area contributed by atoms with Gasteiger partial charge in [0.1, 0.15) is 0 Å². The van der Waals surface area contributed by atoms with E-state index in [4.69, 9.17) is 0 Å². The van der Waals surface area contributed by atoms with Crippen molar-refractivity contribution < 1.29 is 5.11 Å². The summed E-state index contributed by atoms with van der Waals surface area (Å²) in [6.07, 6.45) is 2.46. The lowest BCUT2D eigenvalue weighted by Crippen LogP contribution is -2.35. The average molecular weight is 242 g/mol. The molecule has 1 aromatic rings. The highest BCUT2D eigenvalue weighted by Crippen LogP contribution is 2.33. The first-order valence-electron chi connectivity index (χ1n) is 5.74. The fraction of sp³-hybridized carbons (Fsp3) is 0.538. The summed E-state index contributed by atoms with van der Waals surface area (Å²) in [7, 11) is 0. The normalized spacial score (nSPS) is 22.8. The molecular formula is C13H20ClNO. The molecule has 90 valence electrons. The topological polar surface area (TPSA) is 23.5 Å². The Hall–Kier alpha value is -0.570. The monoisotopic (exact) mass is 241 g/mol. The first kappa shape index (κ1) is 13.5. The lowest BCUT2D eigenvalue weighted by atomic mass is 10.0. The predicted molar refractivity (Wildman–Crippen MR) is 68.9 cm³/mol. The second-order valence-corrected chi connectivity index (χ2v) is 4.34. The number of likely N-dealkylation sites (tertiary alicyclic amines) is 1. The zero-order valence-electron chi connectivity index (χ0n) is 9.67. The molecule has 2 atom stereocenters. The number of hydrogen-bond acceptors (Lipinski definition) is 2. The maximum Gasteiger partial charge on any atom is 0.0584 e. The second kappa shape index (κ2) is 6.24. The molecule has 0 amide bonds. The highest BCUT2D eigenvalue weighted by molar-refractivity contribution is 5.85. The van der Waals surface area contributed by atoms with Crippen LogP contribution in [0.4, 0.5) is 0 Å². The summed E-state index contributed by atoms with van der Waals surface area (Å²) >= 11 is 0. The third kappa shape index (κ3) is 2.76. The number of hydrogen-bond donors (Lipinski definition) is 1. The highest BCUT2D eigenvalue weighted by Gasteiger charge is 2.28. The average Bonchev–Trinajstić information content (AvgIpc) is 2.78. The Balaban J connectivity index is 0.00000128. The minimum Gasteiger partial charge on any atom is -0.395 e. The van der Waals surface area contributed by atoms with Gasteiger partial charge in [0.05, 0.1) is 6.61 Å². The molecule has 0 saturated carbocycles. The zero-order chi connectivity index (χ0) is 10.7. The largest absolute Gasteiger partial charge is 0.395 e. The van der Waals surface area contributed by atoms with E-state index in [0.717, 1.165) is 6.54 Å². The van der Waals surface area contributed by atoms with Crippen molar-refractivity contribution in [2.45, 2.75) is 31.8 Å². The van der Waals surface area contributed by atoms with Crippen LogP contribution in [0.15, 0.2) is 30.3 Å². The van der Waals surface area contributed by atoms with Gasteiger partial charge in [-0.25, -0.2) is 0 Å². The van der Waals surface area contributed by atoms with Gasteiger partial charge >= 0.3 is 0 Å². The quantitative estimate of drug-likeness (QED) is 0.880. The Morgan fingerprint density at radius 3 is 2.69 bits per heavy atom. The van der Waals surface area contributed by atoms with Gasteiger partial charge in [-0.1, -0.05) is 30.3 Å². The summed E-state index contributed by atoms with van der Waals surface area (Å²) in [5, 5.41) is 9.22. The van der Waals surface area contributed by atoms with Crippen LogP contribution in [0, 0.1) is 0 Å². The van der Waals surface area contributed by atoms with Crippen LogP contribution in [0.3, 0.4) is 0 Å². The molecule has 0 bridgehead atoms. The lowest BCUT2D eigenvalue weighted by Gasteiger charge is -2.29. The van der Waals surface area contributed by atoms with Gasteiger partial charge in [-0.3, -0.25) is 4.90 Å². The molecule has 1 heterocycles. The first-order valence-corrected chi connectivity index (χ1v) is 5.74. The van der Waals surface area contributed by atoms with Crippen LogP contribution in [0.25, 0.3) is 0 Å². The van der Waals surface area contributed by atoms with Gasteiger partial charge < -0.3 is 5.11 Å². The number of halogens is 1. The molecule has 0 aliphatic carbocycles. The Labute approximate surface area is 104 Å². The fourth-order valence-electron chi connectivity index (χ4n) is 2.45. The molecule has 1 aliphatic rings. The number of nitrogens with zero attached hydrogens (tertiary/aromatic N) is 1. The molecular weight excluding hydrogens is 222 g/mol. The number of rotatable bonds is 3. The minimum absolute atomic E-state index is 0. The Bertz CT molecular complexity index is 304. The third-order valence-corrected chi connectivity index (χ3v) is 3.31. The minimum atomic E-state index is 0. The Kier molecular flexibility index (Phi) is 5.26. The predicted octanol–water partition coefficient (Wildman–Crippen LogP) is 2.63. The fourth-order valence-corrected chi connectivity index (χ4v) is 2.45. The van der Waals surface area contributed by atoms with E-state index in [2.05, 4.69) is 42.2 Å². The molecule has 1 fully saturated rings. The van der Waals surface area contributed by atoms with Gasteiger partial charge in [-0.15, -0.1) is 12.4 Å². The molecule has 0 radical (unpaired) electrons. The molecule has 1 aromatic carbocycles. The zero-order valence-corrected chi connectivity index (χ0v) is 10.5. The summed E-state index contributed by atoms with van der Waals surface area (Å²) in [5.41, 5.74) is 1.38. The van der Waals surface area contributed by atoms with Gasteiger partial charge in [0.25, 0.3) is 0 Å². The van der Waals surface area contributed by atoms with Crippen molar-refractivity contribution >= 4 is 12.4 Å². The van der Waals surface area contributed by atoms with Crippen LogP contribution >= 0.6 is 12.4 Å². The van der Waals surface area contributed by atoms with Crippen LogP contribution < -0.4 is 0 Å². The highest BCUT2D eigenvalue weighted by atomic mass is 35.5. The second-order valence-electron chi connectivity index (χ2n) is 4.34. The number of benzene rings is 1. The van der Waals surface area contributed by atoms with Crippen LogP contribution in [0.1, 0.15) is 31.4 Å². The SMILES string of the molecule is CC(CO)N1CCCC1c1ccccc1.Cl. The summed E-state index contributed by atoms with van der Waals surface area (Å²) in [5.74, 6) is 0. The van der Waals surface area contributed by atoms with E-state index in [0.29, 0.717) is 6.04 Å². The van der Waals surface area contributed by atoms with Gasteiger partial charge in [-0.2, -0.15) is 0 Å². The van der Waals surface area contributed by atoms with Crippen LogP contribution in [-0.2, 0) is 0 Å². The van der Waals surface area contributed by atoms with E-state index in [-0.39, 0.29) is 25.1 Å². The molecule has 3 heteroatoms. The Morgan fingerprint density at radius 2 is 2.06 bits per heavy atom. The van der Waals surface area contributed by atoms with E-state index in [1.54, 1.807) is 0 Å². The molecule has 2 nitrogen and oxygen atoms in total. The Morgan fingerprint density at radius 1 is 1.38 bits per heavy atom. The van der Waals surface area contributed by atoms with E-state index in [9.17, 15) is 5.11 Å². The van der Waals surface area contributed by atoms with E-state index in [1.807, 2.05) is 0 Å². The van der Waals surface area contributed by atoms with E-state index >= 15 is 0 Å². The standard InChI is InChI=1S/C13H19NO.ClH/c1-11(10-15)14-9-5-8-13(14)12-6-3-2-4-7-12;/h2-4,6-7,11,13,15H,5,8-10H2,1H3;1H. The summed E-state index contributed by atoms with van der Waals surface area (Å²) in [6, 6.07) is 11.4. The van der Waals surface area contributed by atoms with Crippen LogP contribution in [0.2, 0.25) is 0 Å². The van der Waals surface area contributed by atoms with Crippen molar-refractivity contribution in [3.63, 3.8) is 0 Å². The molecule has 2 unspecified atom stereocenters. The van der Waals surface area contributed by atoms with Crippen molar-refractivity contribution in [1.82, 2.24) is 4.90 Å². The lowest BCUT2D eigenvalue weighted by molar-refractivity contribution is 0.123. The summed E-state index contributed by atoms with van der Waals surface area (Å²) in [4.78, 5) is 2.41. The number of aliphatic hydroxyl groups excluding tert-OH is 1. The third-order valence-electron chi connectivity index (χ3n) is 3.31. The van der Waals surface area contributed by atoms with Crippen molar-refractivity contribution in [3.05, 3.63) is 35.9 Å². The summed E-state index contributed by atoms with van der Waals surface area (Å²) < 4.78 is 0. The smallest absolute Gasteiger partial charge is 0.0584 e. The van der Waals surface area contributed by atoms with Crippen molar-refractivity contribution in [2.24, 2.45) is 0 Å². The van der Waals surface area contributed by atoms with Crippen LogP contribution in [0.5, 0.6) is 0 Å². The molecule has 1 saturated heterocycles. The molecule has 2 rings (SSSR count). The molecule has 16 heavy (non-hydrogen) atoms. The van der Waals surface area contributed by atoms with Crippen LogP contribution in [-0.4, -0.2) is 29.2 Å². The van der Waals surface area contributed by atoms with Gasteiger partial charge in [0.15, 0.2) is 0 Å². The van der Waals surface area contributed by atoms with E-state index in [1.165, 1.54) is 18.4 Å². The maximum atomic E-state index is 9.22. The molecule has 1 N–H and O–H groups in total. The molecule has 0 spiro atoms. The molecule has 1 aliphatic heterocycles. The maximum absolute atomic E-state index is 9.22. The summed E-state index contributed by atoms with van der Waals surface area (Å²) in [6.45, 7) is 3.46. The van der Waals surface area contributed by atoms with Crippen molar-refractivity contribution in [2.75, 3.05) is 13.2 Å². The number of aliphatic hydroxyl groups is 1. The van der Waals surface area contributed by atoms with E-state index < -0.39 is 0 Å². The van der Waals surface area contributed by atoms with Gasteiger partial charge in [0.2, 0.25) is 0 Å².